The van der Waals surface area contributed by atoms with E-state index in [2.05, 4.69) is 10.6 Å². The molecule has 3 rings (SSSR count). The molecule has 0 radical (unpaired) electrons. The molecule has 3 fully saturated rings. The molecule has 0 unspecified atom stereocenters. The lowest BCUT2D eigenvalue weighted by atomic mass is 9.96. The number of hydrogen-bond acceptors (Lipinski definition) is 4. The highest BCUT2D eigenvalue weighted by molar-refractivity contribution is 5.85. The summed E-state index contributed by atoms with van der Waals surface area (Å²) in [4.78, 5) is 28.7. The molecule has 0 spiro atoms. The van der Waals surface area contributed by atoms with E-state index in [4.69, 9.17) is 4.74 Å². The van der Waals surface area contributed by atoms with Crippen LogP contribution in [0.25, 0.3) is 0 Å². The Labute approximate surface area is 156 Å². The Kier molecular flexibility index (Phi) is 7.78. The zero-order valence-corrected chi connectivity index (χ0v) is 15.9. The molecule has 2 N–H and O–H groups in total. The van der Waals surface area contributed by atoms with Crippen molar-refractivity contribution in [1.82, 2.24) is 20.4 Å². The van der Waals surface area contributed by atoms with Crippen LogP contribution in [0.15, 0.2) is 0 Å². The highest BCUT2D eigenvalue weighted by Crippen LogP contribution is 2.18. The van der Waals surface area contributed by atoms with Crippen LogP contribution in [0.2, 0.25) is 0 Å². The lowest BCUT2D eigenvalue weighted by Crippen LogP contribution is -2.61. The first kappa shape index (κ1) is 20.3. The smallest absolute Gasteiger partial charge is 0.317 e. The molecule has 8 heteroatoms. The molecule has 144 valence electrons. The van der Waals surface area contributed by atoms with E-state index in [-0.39, 0.29) is 36.5 Å². The minimum Gasteiger partial charge on any atom is -0.375 e. The number of morpholine rings is 1. The zero-order chi connectivity index (χ0) is 16.9. The SMILES string of the molecule is C[C@H]1OCCN[C@@H]1C(=O)N1CCN(C(=O)NC2CCCCC2)CC1.Cl. The lowest BCUT2D eigenvalue weighted by molar-refractivity contribution is -0.140. The van der Waals surface area contributed by atoms with E-state index in [1.807, 2.05) is 16.7 Å². The molecule has 0 aromatic rings. The van der Waals surface area contributed by atoms with Crippen molar-refractivity contribution < 1.29 is 14.3 Å². The van der Waals surface area contributed by atoms with Crippen LogP contribution in [-0.4, -0.2) is 79.3 Å². The van der Waals surface area contributed by atoms with Crippen LogP contribution < -0.4 is 10.6 Å². The number of urea groups is 1. The highest BCUT2D eigenvalue weighted by atomic mass is 35.5. The van der Waals surface area contributed by atoms with Gasteiger partial charge in [0.05, 0.1) is 12.7 Å². The van der Waals surface area contributed by atoms with Crippen LogP contribution in [0, 0.1) is 0 Å². The second-order valence-corrected chi connectivity index (χ2v) is 7.10. The molecule has 0 bridgehead atoms. The van der Waals surface area contributed by atoms with Crippen LogP contribution in [0.4, 0.5) is 4.79 Å². The van der Waals surface area contributed by atoms with Gasteiger partial charge in [0.25, 0.3) is 0 Å². The molecule has 25 heavy (non-hydrogen) atoms. The van der Waals surface area contributed by atoms with E-state index >= 15 is 0 Å². The van der Waals surface area contributed by atoms with Crippen LogP contribution in [-0.2, 0) is 9.53 Å². The number of carbonyl (C=O) groups is 2. The van der Waals surface area contributed by atoms with Gasteiger partial charge < -0.3 is 25.2 Å². The van der Waals surface area contributed by atoms with E-state index in [1.54, 1.807) is 0 Å². The number of piperazine rings is 1. The van der Waals surface area contributed by atoms with Crippen molar-refractivity contribution in [3.8, 4) is 0 Å². The summed E-state index contributed by atoms with van der Waals surface area (Å²) in [6, 6.07) is 0.0956. The van der Waals surface area contributed by atoms with Crippen molar-refractivity contribution in [2.75, 3.05) is 39.3 Å². The van der Waals surface area contributed by atoms with Gasteiger partial charge in [-0.1, -0.05) is 19.3 Å². The Balaban J connectivity index is 0.00000225. The minimum atomic E-state index is -0.263. The van der Waals surface area contributed by atoms with Crippen LogP contribution in [0.1, 0.15) is 39.0 Å². The average molecular weight is 375 g/mol. The second-order valence-electron chi connectivity index (χ2n) is 7.10. The third-order valence-corrected chi connectivity index (χ3v) is 5.39. The van der Waals surface area contributed by atoms with Gasteiger partial charge in [-0.25, -0.2) is 4.79 Å². The van der Waals surface area contributed by atoms with Crippen molar-refractivity contribution in [1.29, 1.82) is 0 Å². The highest BCUT2D eigenvalue weighted by Gasteiger charge is 2.34. The van der Waals surface area contributed by atoms with Gasteiger partial charge in [-0.15, -0.1) is 12.4 Å². The van der Waals surface area contributed by atoms with Gasteiger partial charge in [0.1, 0.15) is 6.04 Å². The van der Waals surface area contributed by atoms with Gasteiger partial charge in [0.15, 0.2) is 0 Å². The van der Waals surface area contributed by atoms with Gasteiger partial charge in [-0.3, -0.25) is 4.79 Å². The number of rotatable bonds is 2. The van der Waals surface area contributed by atoms with E-state index < -0.39 is 0 Å². The molecule has 3 aliphatic rings. The summed E-state index contributed by atoms with van der Waals surface area (Å²) in [5.41, 5.74) is 0. The fraction of sp³-hybridized carbons (Fsp3) is 0.882. The molecular formula is C17H31ClN4O3. The third-order valence-electron chi connectivity index (χ3n) is 5.39. The van der Waals surface area contributed by atoms with Gasteiger partial charge in [0, 0.05) is 38.8 Å². The van der Waals surface area contributed by atoms with Crippen LogP contribution >= 0.6 is 12.4 Å². The number of halogens is 1. The van der Waals surface area contributed by atoms with Crippen LogP contribution in [0.3, 0.4) is 0 Å². The Morgan fingerprint density at radius 3 is 2.32 bits per heavy atom. The average Bonchev–Trinajstić information content (AvgIpc) is 2.62. The largest absolute Gasteiger partial charge is 0.375 e. The fourth-order valence-electron chi connectivity index (χ4n) is 3.85. The minimum absolute atomic E-state index is 0. The van der Waals surface area contributed by atoms with Crippen molar-refractivity contribution in [3.63, 3.8) is 0 Å². The summed E-state index contributed by atoms with van der Waals surface area (Å²) in [7, 11) is 0. The van der Waals surface area contributed by atoms with Crippen molar-refractivity contribution in [2.24, 2.45) is 0 Å². The lowest BCUT2D eigenvalue weighted by Gasteiger charge is -2.39. The maximum absolute atomic E-state index is 12.6. The molecule has 0 aromatic carbocycles. The number of nitrogens with zero attached hydrogens (tertiary/aromatic N) is 2. The standard InChI is InChI=1S/C17H30N4O3.ClH/c1-13-15(18-7-12-24-13)16(22)20-8-10-21(11-9-20)17(23)19-14-5-3-2-4-6-14;/h13-15,18H,2-12H2,1H3,(H,19,23);1H/t13-,15+;/m1./s1. The predicted octanol–water partition coefficient (Wildman–Crippen LogP) is 0.972. The summed E-state index contributed by atoms with van der Waals surface area (Å²) in [5.74, 6) is 0.0922. The second kappa shape index (κ2) is 9.59. The Bertz CT molecular complexity index is 451. The van der Waals surface area contributed by atoms with Crippen molar-refractivity contribution in [2.45, 2.75) is 57.2 Å². The summed E-state index contributed by atoms with van der Waals surface area (Å²) >= 11 is 0. The normalized spacial score (nSPS) is 28.2. The fourth-order valence-corrected chi connectivity index (χ4v) is 3.85. The van der Waals surface area contributed by atoms with E-state index in [1.165, 1.54) is 19.3 Å². The van der Waals surface area contributed by atoms with E-state index in [0.29, 0.717) is 45.4 Å². The molecule has 0 aromatic heterocycles. The molecule has 2 aliphatic heterocycles. The topological polar surface area (TPSA) is 73.9 Å². The number of ether oxygens (including phenoxy) is 1. The summed E-state index contributed by atoms with van der Waals surface area (Å²) < 4.78 is 5.56. The first-order valence-electron chi connectivity index (χ1n) is 9.34. The van der Waals surface area contributed by atoms with Crippen LogP contribution in [0.5, 0.6) is 0 Å². The molecule has 3 amide bonds. The Morgan fingerprint density at radius 1 is 1.04 bits per heavy atom. The molecule has 7 nitrogen and oxygen atoms in total. The maximum Gasteiger partial charge on any atom is 0.317 e. The summed E-state index contributed by atoms with van der Waals surface area (Å²) in [5, 5.41) is 6.40. The Morgan fingerprint density at radius 2 is 1.68 bits per heavy atom. The quantitative estimate of drug-likeness (QED) is 0.755. The van der Waals surface area contributed by atoms with Crippen molar-refractivity contribution in [3.05, 3.63) is 0 Å². The first-order chi connectivity index (χ1) is 11.6. The third kappa shape index (κ3) is 5.21. The maximum atomic E-state index is 12.6. The molecule has 2 heterocycles. The molecule has 2 atom stereocenters. The number of carbonyl (C=O) groups excluding carboxylic acids is 2. The number of nitrogens with one attached hydrogen (secondary N) is 2. The molecule has 1 saturated carbocycles. The Hall–Kier alpha value is -1.05. The molecule has 2 saturated heterocycles. The number of amides is 3. The van der Waals surface area contributed by atoms with Gasteiger partial charge in [-0.05, 0) is 19.8 Å². The zero-order valence-electron chi connectivity index (χ0n) is 15.0. The number of hydrogen-bond donors (Lipinski definition) is 2. The predicted molar refractivity (Wildman–Crippen MR) is 98.0 cm³/mol. The molecular weight excluding hydrogens is 344 g/mol. The monoisotopic (exact) mass is 374 g/mol. The van der Waals surface area contributed by atoms with Gasteiger partial charge in [0.2, 0.25) is 5.91 Å². The molecule has 1 aliphatic carbocycles. The van der Waals surface area contributed by atoms with Crippen molar-refractivity contribution >= 4 is 24.3 Å². The van der Waals surface area contributed by atoms with E-state index in [9.17, 15) is 9.59 Å². The van der Waals surface area contributed by atoms with Gasteiger partial charge in [-0.2, -0.15) is 0 Å². The van der Waals surface area contributed by atoms with E-state index in [0.717, 1.165) is 12.8 Å². The summed E-state index contributed by atoms with van der Waals surface area (Å²) in [6.07, 6.45) is 5.79. The summed E-state index contributed by atoms with van der Waals surface area (Å²) in [6.45, 7) is 5.70. The first-order valence-corrected chi connectivity index (χ1v) is 9.34. The van der Waals surface area contributed by atoms with Gasteiger partial charge >= 0.3 is 6.03 Å².